The summed E-state index contributed by atoms with van der Waals surface area (Å²) in [7, 11) is 0. The number of aliphatic carboxylic acids is 2. The van der Waals surface area contributed by atoms with E-state index in [2.05, 4.69) is 52.0 Å². The smallest absolute Gasteiger partial charge is 0.550 e. The molecule has 0 aromatic heterocycles. The minimum absolute atomic E-state index is 0. The predicted octanol–water partition coefficient (Wildman–Crippen LogP) is 6.63. The molecule has 0 bridgehead atoms. The zero-order chi connectivity index (χ0) is 34.6. The first-order valence-corrected chi connectivity index (χ1v) is 15.4. The molecule has 4 aromatic carbocycles. The molecule has 9 heteroatoms. The summed E-state index contributed by atoms with van der Waals surface area (Å²) in [5.74, 6) is -0.935. The molecule has 0 unspecified atom stereocenters. The summed E-state index contributed by atoms with van der Waals surface area (Å²) in [5.41, 5.74) is 6.97. The van der Waals surface area contributed by atoms with E-state index in [4.69, 9.17) is 29.8 Å². The van der Waals surface area contributed by atoms with Crippen LogP contribution in [0.5, 0.6) is 11.5 Å². The van der Waals surface area contributed by atoms with Gasteiger partial charge in [-0.15, -0.1) is 0 Å². The molecule has 4 rings (SSSR count). The Morgan fingerprint density at radius 1 is 0.681 bits per heavy atom. The van der Waals surface area contributed by atoms with Crippen LogP contribution in [0.2, 0.25) is 0 Å². The van der Waals surface area contributed by atoms with Gasteiger partial charge in [-0.1, -0.05) is 77.9 Å². The van der Waals surface area contributed by atoms with Gasteiger partial charge in [-0.25, -0.2) is 0 Å². The molecule has 4 aromatic rings. The van der Waals surface area contributed by atoms with Gasteiger partial charge in [0, 0.05) is 35.5 Å². The van der Waals surface area contributed by atoms with Gasteiger partial charge in [0.15, 0.2) is 0 Å². The van der Waals surface area contributed by atoms with E-state index in [0.717, 1.165) is 48.6 Å². The van der Waals surface area contributed by atoms with Gasteiger partial charge in [-0.3, -0.25) is 9.98 Å². The first kappa shape index (κ1) is 40.6. The Morgan fingerprint density at radius 3 is 1.28 bits per heavy atom. The van der Waals surface area contributed by atoms with Crippen molar-refractivity contribution in [1.29, 1.82) is 0 Å². The second kappa shape index (κ2) is 19.2. The van der Waals surface area contributed by atoms with Crippen LogP contribution in [0.15, 0.2) is 70.6 Å². The van der Waals surface area contributed by atoms with Crippen molar-refractivity contribution in [2.24, 2.45) is 9.98 Å². The number of hydrogen-bond donors (Lipinski definition) is 2. The molecule has 0 saturated heterocycles. The van der Waals surface area contributed by atoms with Crippen molar-refractivity contribution in [1.82, 2.24) is 0 Å². The van der Waals surface area contributed by atoms with Crippen LogP contribution in [0, 0.1) is 0 Å². The van der Waals surface area contributed by atoms with Gasteiger partial charge >= 0.3 is 16.8 Å². The standard InChI is InChI=1S/C34H38N2O2.2C2H4O2.Co/c1-7-23-13-27(21(3)4)15-29(33(23)37)19-35-31-17-25-11-9-10-12-26(25)18-32(31)36-20-30-16-28(22(5)6)14-24(8-2)34(30)38;2*1-2(3)4;/h9-22,37-38H,7-8H2,1-6H3;2*1H3,(H,3,4);/q;;;+2/p-2. The van der Waals surface area contributed by atoms with Gasteiger partial charge in [-0.2, -0.15) is 0 Å². The maximum Gasteiger partial charge on any atom is 2.00 e. The van der Waals surface area contributed by atoms with E-state index in [1.54, 1.807) is 12.4 Å². The summed E-state index contributed by atoms with van der Waals surface area (Å²) in [6, 6.07) is 20.3. The van der Waals surface area contributed by atoms with Gasteiger partial charge in [-0.05, 0) is 95.8 Å². The molecule has 8 nitrogen and oxygen atoms in total. The second-order valence-corrected chi connectivity index (χ2v) is 11.4. The fourth-order valence-corrected chi connectivity index (χ4v) is 4.59. The predicted molar refractivity (Wildman–Crippen MR) is 183 cm³/mol. The maximum atomic E-state index is 10.9. The molecule has 2 N–H and O–H groups in total. The fourth-order valence-electron chi connectivity index (χ4n) is 4.59. The van der Waals surface area contributed by atoms with Crippen molar-refractivity contribution in [3.05, 3.63) is 94.0 Å². The SMILES string of the molecule is CC(=O)[O-].CC(=O)[O-].CCc1cc(C(C)C)cc(C=Nc2cc3ccccc3cc2N=Cc2cc(C(C)C)cc(CC)c2O)c1O.[Co+2]. The molecule has 0 amide bonds. The van der Waals surface area contributed by atoms with E-state index in [0.29, 0.717) is 34.3 Å². The van der Waals surface area contributed by atoms with E-state index in [1.165, 1.54) is 11.1 Å². The first-order chi connectivity index (χ1) is 21.7. The third-order valence-electron chi connectivity index (χ3n) is 7.10. The molecule has 47 heavy (non-hydrogen) atoms. The molecule has 0 spiro atoms. The zero-order valence-corrected chi connectivity index (χ0v) is 29.3. The van der Waals surface area contributed by atoms with Crippen LogP contribution in [-0.2, 0) is 39.2 Å². The number of aryl methyl sites for hydroxylation is 2. The molecule has 0 saturated carbocycles. The number of carbonyl (C=O) groups is 2. The van der Waals surface area contributed by atoms with Crippen molar-refractivity contribution in [2.75, 3.05) is 0 Å². The average molecular weight is 684 g/mol. The van der Waals surface area contributed by atoms with Crippen LogP contribution in [-0.4, -0.2) is 34.6 Å². The van der Waals surface area contributed by atoms with Gasteiger partial charge < -0.3 is 30.0 Å². The van der Waals surface area contributed by atoms with Gasteiger partial charge in [0.1, 0.15) is 11.5 Å². The van der Waals surface area contributed by atoms with Gasteiger partial charge in [0.25, 0.3) is 0 Å². The molecular formula is C38H44CoN2O6. The fraction of sp³-hybridized carbons (Fsp3) is 0.316. The summed E-state index contributed by atoms with van der Waals surface area (Å²) in [5, 5.41) is 41.6. The number of carbonyl (C=O) groups excluding carboxylic acids is 2. The molecule has 251 valence electrons. The largest absolute Gasteiger partial charge is 2.00 e. The number of hydrogen-bond acceptors (Lipinski definition) is 8. The Balaban J connectivity index is 0.00000110. The summed E-state index contributed by atoms with van der Waals surface area (Å²) in [6.07, 6.45) is 4.96. The van der Waals surface area contributed by atoms with Crippen molar-refractivity contribution in [3.8, 4) is 11.5 Å². The third kappa shape index (κ3) is 12.3. The molecule has 1 radical (unpaired) electrons. The number of nitrogens with zero attached hydrogens (tertiary/aromatic N) is 2. The number of aromatic hydroxyl groups is 2. The number of fused-ring (bicyclic) bond motifs is 1. The zero-order valence-electron chi connectivity index (χ0n) is 28.3. The number of carboxylic acids is 2. The number of phenolic OH excluding ortho intramolecular Hbond substituents is 2. The first-order valence-electron chi connectivity index (χ1n) is 15.4. The number of rotatable bonds is 8. The number of phenols is 2. The Bertz CT molecular complexity index is 1590. The number of aliphatic imine (C=N–C) groups is 2. The maximum absolute atomic E-state index is 10.9. The normalized spacial score (nSPS) is 10.9. The monoisotopic (exact) mass is 683 g/mol. The van der Waals surface area contributed by atoms with E-state index < -0.39 is 11.9 Å². The molecule has 0 aliphatic heterocycles. The van der Waals surface area contributed by atoms with E-state index in [9.17, 15) is 10.2 Å². The topological polar surface area (TPSA) is 145 Å². The molecule has 0 heterocycles. The second-order valence-electron chi connectivity index (χ2n) is 11.4. The number of carboxylic acid groups (broad SMARTS) is 2. The minimum Gasteiger partial charge on any atom is -0.550 e. The minimum atomic E-state index is -1.08. The summed E-state index contributed by atoms with van der Waals surface area (Å²) < 4.78 is 0. The van der Waals surface area contributed by atoms with Crippen LogP contribution in [0.1, 0.15) is 101 Å². The quantitative estimate of drug-likeness (QED) is 0.199. The number of benzene rings is 4. The Morgan fingerprint density at radius 2 is 1.00 bits per heavy atom. The Kier molecular flexibility index (Phi) is 16.6. The average Bonchev–Trinajstić information content (AvgIpc) is 2.99. The van der Waals surface area contributed by atoms with Crippen molar-refractivity contribution >= 4 is 46.5 Å². The molecule has 0 fully saturated rings. The Hall–Kier alpha value is -4.47. The summed E-state index contributed by atoms with van der Waals surface area (Å²) >= 11 is 0. The van der Waals surface area contributed by atoms with Crippen LogP contribution in [0.4, 0.5) is 11.4 Å². The molecule has 0 atom stereocenters. The van der Waals surface area contributed by atoms with E-state index in [1.807, 2.05) is 50.2 Å². The van der Waals surface area contributed by atoms with Crippen molar-refractivity contribution in [3.63, 3.8) is 0 Å². The van der Waals surface area contributed by atoms with Crippen molar-refractivity contribution < 1.29 is 46.8 Å². The third-order valence-corrected chi connectivity index (χ3v) is 7.10. The Labute approximate surface area is 288 Å². The molecule has 0 aliphatic carbocycles. The summed E-state index contributed by atoms with van der Waals surface area (Å²) in [4.78, 5) is 27.4. The van der Waals surface area contributed by atoms with Gasteiger partial charge in [0.05, 0.1) is 11.4 Å². The van der Waals surface area contributed by atoms with Crippen LogP contribution in [0.3, 0.4) is 0 Å². The molecular weight excluding hydrogens is 639 g/mol. The van der Waals surface area contributed by atoms with E-state index >= 15 is 0 Å². The van der Waals surface area contributed by atoms with Crippen LogP contribution >= 0.6 is 0 Å². The van der Waals surface area contributed by atoms with Crippen LogP contribution in [0.25, 0.3) is 10.8 Å². The van der Waals surface area contributed by atoms with Crippen LogP contribution < -0.4 is 10.2 Å². The van der Waals surface area contributed by atoms with Gasteiger partial charge in [0.2, 0.25) is 0 Å². The van der Waals surface area contributed by atoms with Crippen molar-refractivity contribution in [2.45, 2.75) is 80.1 Å². The van der Waals surface area contributed by atoms with E-state index in [-0.39, 0.29) is 28.3 Å². The molecule has 0 aliphatic rings. The summed E-state index contributed by atoms with van der Waals surface area (Å²) in [6.45, 7) is 14.6.